The van der Waals surface area contributed by atoms with Gasteiger partial charge < -0.3 is 0 Å². The van der Waals surface area contributed by atoms with Gasteiger partial charge >= 0.3 is 0 Å². The molecule has 0 saturated heterocycles. The SMILES string of the molecule is C=CCCC[C@H]1CC[C@H](C#Cc2cnc(-c3ccc(F)cc3)nc2)CC1. The first kappa shape index (κ1) is 18.3. The number of rotatable bonds is 5. The Morgan fingerprint density at radius 1 is 1.08 bits per heavy atom. The fraction of sp³-hybridized carbons (Fsp3) is 0.391. The molecular formula is C23H25FN2. The van der Waals surface area contributed by atoms with Gasteiger partial charge in [0.05, 0.1) is 5.56 Å². The summed E-state index contributed by atoms with van der Waals surface area (Å²) in [5.41, 5.74) is 1.64. The summed E-state index contributed by atoms with van der Waals surface area (Å²) < 4.78 is 13.0. The molecule has 26 heavy (non-hydrogen) atoms. The van der Waals surface area contributed by atoms with Gasteiger partial charge in [-0.2, -0.15) is 0 Å². The van der Waals surface area contributed by atoms with Gasteiger partial charge in [-0.1, -0.05) is 24.3 Å². The van der Waals surface area contributed by atoms with Crippen LogP contribution < -0.4 is 0 Å². The van der Waals surface area contributed by atoms with Crippen molar-refractivity contribution in [1.29, 1.82) is 0 Å². The first-order chi connectivity index (χ1) is 12.7. The second-order valence-electron chi connectivity index (χ2n) is 7.01. The molecule has 3 rings (SSSR count). The summed E-state index contributed by atoms with van der Waals surface area (Å²) in [6, 6.07) is 6.20. The maximum absolute atomic E-state index is 13.0. The van der Waals surface area contributed by atoms with Crippen molar-refractivity contribution in [1.82, 2.24) is 9.97 Å². The van der Waals surface area contributed by atoms with E-state index in [1.807, 2.05) is 6.08 Å². The van der Waals surface area contributed by atoms with Crippen molar-refractivity contribution >= 4 is 0 Å². The average Bonchev–Trinajstić information content (AvgIpc) is 2.69. The zero-order chi connectivity index (χ0) is 18.2. The van der Waals surface area contributed by atoms with Crippen LogP contribution in [0.25, 0.3) is 11.4 Å². The summed E-state index contributed by atoms with van der Waals surface area (Å²) in [5.74, 6) is 8.31. The fourth-order valence-corrected chi connectivity index (χ4v) is 3.47. The molecule has 1 saturated carbocycles. The molecule has 134 valence electrons. The molecule has 0 N–H and O–H groups in total. The second-order valence-corrected chi connectivity index (χ2v) is 7.01. The molecule has 1 heterocycles. The molecule has 3 heteroatoms. The lowest BCUT2D eigenvalue weighted by Gasteiger charge is -2.25. The molecule has 1 aliphatic rings. The number of hydrogen-bond donors (Lipinski definition) is 0. The lowest BCUT2D eigenvalue weighted by molar-refractivity contribution is 0.297. The second kappa shape index (κ2) is 9.29. The quantitative estimate of drug-likeness (QED) is 0.388. The van der Waals surface area contributed by atoms with Crippen molar-refractivity contribution < 1.29 is 4.39 Å². The molecule has 0 unspecified atom stereocenters. The molecule has 0 radical (unpaired) electrons. The lowest BCUT2D eigenvalue weighted by Crippen LogP contribution is -2.13. The molecule has 0 bridgehead atoms. The van der Waals surface area contributed by atoms with Crippen LogP contribution in [-0.2, 0) is 0 Å². The molecule has 0 aliphatic heterocycles. The first-order valence-corrected chi connectivity index (χ1v) is 9.45. The number of allylic oxidation sites excluding steroid dienone is 1. The molecule has 1 aromatic heterocycles. The monoisotopic (exact) mass is 348 g/mol. The van der Waals surface area contributed by atoms with Crippen LogP contribution in [0.15, 0.2) is 49.3 Å². The summed E-state index contributed by atoms with van der Waals surface area (Å²) in [7, 11) is 0. The molecule has 0 amide bonds. The third-order valence-electron chi connectivity index (χ3n) is 5.04. The number of unbranched alkanes of at least 4 members (excludes halogenated alkanes) is 1. The van der Waals surface area contributed by atoms with Gasteiger partial charge in [-0.3, -0.25) is 0 Å². The van der Waals surface area contributed by atoms with Crippen molar-refractivity contribution in [2.24, 2.45) is 11.8 Å². The van der Waals surface area contributed by atoms with Crippen LogP contribution in [0, 0.1) is 29.5 Å². The van der Waals surface area contributed by atoms with E-state index < -0.39 is 0 Å². The Bertz CT molecular complexity index is 761. The smallest absolute Gasteiger partial charge is 0.159 e. The molecule has 1 fully saturated rings. The number of benzene rings is 1. The van der Waals surface area contributed by atoms with Gasteiger partial charge in [-0.25, -0.2) is 14.4 Å². The third-order valence-corrected chi connectivity index (χ3v) is 5.04. The summed E-state index contributed by atoms with van der Waals surface area (Å²) in [5, 5.41) is 0. The normalized spacial score (nSPS) is 19.4. The van der Waals surface area contributed by atoms with E-state index in [1.54, 1.807) is 24.5 Å². The Labute approximate surface area is 155 Å². The number of hydrogen-bond acceptors (Lipinski definition) is 2. The largest absolute Gasteiger partial charge is 0.235 e. The van der Waals surface area contributed by atoms with E-state index in [0.717, 1.165) is 23.5 Å². The molecule has 2 nitrogen and oxygen atoms in total. The van der Waals surface area contributed by atoms with E-state index in [4.69, 9.17) is 0 Å². The summed E-state index contributed by atoms with van der Waals surface area (Å²) in [4.78, 5) is 8.70. The predicted octanol–water partition coefficient (Wildman–Crippen LogP) is 5.80. The van der Waals surface area contributed by atoms with E-state index in [1.165, 1.54) is 50.7 Å². The van der Waals surface area contributed by atoms with Crippen LogP contribution in [0.4, 0.5) is 4.39 Å². The van der Waals surface area contributed by atoms with E-state index in [2.05, 4.69) is 28.4 Å². The fourth-order valence-electron chi connectivity index (χ4n) is 3.47. The Hall–Kier alpha value is -2.47. The molecule has 1 aliphatic carbocycles. The zero-order valence-corrected chi connectivity index (χ0v) is 15.1. The summed E-state index contributed by atoms with van der Waals surface area (Å²) >= 11 is 0. The van der Waals surface area contributed by atoms with Crippen LogP contribution in [0.2, 0.25) is 0 Å². The van der Waals surface area contributed by atoms with Crippen LogP contribution in [0.1, 0.15) is 50.5 Å². The Kier molecular flexibility index (Phi) is 6.55. The maximum atomic E-state index is 13.0. The molecule has 0 spiro atoms. The lowest BCUT2D eigenvalue weighted by atomic mass is 9.80. The van der Waals surface area contributed by atoms with Crippen LogP contribution in [0.3, 0.4) is 0 Å². The van der Waals surface area contributed by atoms with E-state index in [-0.39, 0.29) is 5.82 Å². The first-order valence-electron chi connectivity index (χ1n) is 9.45. The Morgan fingerprint density at radius 3 is 2.42 bits per heavy atom. The van der Waals surface area contributed by atoms with Gasteiger partial charge in [0.25, 0.3) is 0 Å². The molecule has 1 aromatic carbocycles. The molecular weight excluding hydrogens is 323 g/mol. The Balaban J connectivity index is 1.52. The predicted molar refractivity (Wildman–Crippen MR) is 104 cm³/mol. The van der Waals surface area contributed by atoms with Gasteiger partial charge in [-0.05, 0) is 68.7 Å². The number of nitrogens with zero attached hydrogens (tertiary/aromatic N) is 2. The third kappa shape index (κ3) is 5.26. The zero-order valence-electron chi connectivity index (χ0n) is 15.1. The number of aromatic nitrogens is 2. The number of halogens is 1. The van der Waals surface area contributed by atoms with Gasteiger partial charge in [0.2, 0.25) is 0 Å². The minimum atomic E-state index is -0.258. The van der Waals surface area contributed by atoms with E-state index >= 15 is 0 Å². The van der Waals surface area contributed by atoms with Gasteiger partial charge in [0.15, 0.2) is 5.82 Å². The van der Waals surface area contributed by atoms with Gasteiger partial charge in [0, 0.05) is 23.9 Å². The Morgan fingerprint density at radius 2 is 1.77 bits per heavy atom. The van der Waals surface area contributed by atoms with Crippen molar-refractivity contribution in [3.8, 4) is 23.2 Å². The van der Waals surface area contributed by atoms with Crippen molar-refractivity contribution in [3.05, 3.63) is 60.7 Å². The summed E-state index contributed by atoms with van der Waals surface area (Å²) in [6.07, 6.45) is 14.2. The maximum Gasteiger partial charge on any atom is 0.159 e. The molecule has 0 atom stereocenters. The van der Waals surface area contributed by atoms with Crippen LogP contribution in [0.5, 0.6) is 0 Å². The highest BCUT2D eigenvalue weighted by Gasteiger charge is 2.19. The van der Waals surface area contributed by atoms with E-state index in [0.29, 0.717) is 11.7 Å². The topological polar surface area (TPSA) is 25.8 Å². The van der Waals surface area contributed by atoms with Crippen molar-refractivity contribution in [3.63, 3.8) is 0 Å². The highest BCUT2D eigenvalue weighted by atomic mass is 19.1. The highest BCUT2D eigenvalue weighted by Crippen LogP contribution is 2.31. The average molecular weight is 348 g/mol. The van der Waals surface area contributed by atoms with Crippen LogP contribution in [-0.4, -0.2) is 9.97 Å². The van der Waals surface area contributed by atoms with E-state index in [9.17, 15) is 4.39 Å². The van der Waals surface area contributed by atoms with Crippen LogP contribution >= 0.6 is 0 Å². The van der Waals surface area contributed by atoms with Gasteiger partial charge in [-0.15, -0.1) is 6.58 Å². The highest BCUT2D eigenvalue weighted by molar-refractivity contribution is 5.54. The minimum absolute atomic E-state index is 0.258. The van der Waals surface area contributed by atoms with Crippen molar-refractivity contribution in [2.45, 2.75) is 44.9 Å². The van der Waals surface area contributed by atoms with Crippen molar-refractivity contribution in [2.75, 3.05) is 0 Å². The standard InChI is InChI=1S/C23H25FN2/c1-2-3-4-5-18-6-8-19(9-7-18)10-11-20-16-25-23(26-17-20)21-12-14-22(24)15-13-21/h2,12-19H,1,3-9H2/t18-,19-. The van der Waals surface area contributed by atoms with Gasteiger partial charge in [0.1, 0.15) is 5.82 Å². The summed E-state index contributed by atoms with van der Waals surface area (Å²) in [6.45, 7) is 3.79. The minimum Gasteiger partial charge on any atom is -0.235 e. The molecule has 2 aromatic rings.